The van der Waals surface area contributed by atoms with Crippen LogP contribution in [0.5, 0.6) is 0 Å². The summed E-state index contributed by atoms with van der Waals surface area (Å²) in [5.41, 5.74) is -0.287. The Hall–Kier alpha value is -2.14. The number of rotatable bonds is 2. The quantitative estimate of drug-likeness (QED) is 0.918. The van der Waals surface area contributed by atoms with Crippen LogP contribution in [0.1, 0.15) is 10.4 Å². The van der Waals surface area contributed by atoms with E-state index in [9.17, 15) is 14.0 Å². The second kappa shape index (κ2) is 5.24. The van der Waals surface area contributed by atoms with Gasteiger partial charge in [0.25, 0.3) is 11.5 Å². The Balaban J connectivity index is 2.31. The van der Waals surface area contributed by atoms with Crippen molar-refractivity contribution in [3.63, 3.8) is 0 Å². The molecule has 2 aromatic rings. The van der Waals surface area contributed by atoms with Crippen LogP contribution in [-0.4, -0.2) is 10.5 Å². The molecule has 4 nitrogen and oxygen atoms in total. The minimum absolute atomic E-state index is 0.0946. The van der Waals surface area contributed by atoms with Crippen LogP contribution >= 0.6 is 11.6 Å². The highest BCUT2D eigenvalue weighted by Crippen LogP contribution is 2.24. The summed E-state index contributed by atoms with van der Waals surface area (Å²) in [6.45, 7) is 0. The van der Waals surface area contributed by atoms with Gasteiger partial charge in [0.15, 0.2) is 0 Å². The molecule has 0 radical (unpaired) electrons. The Morgan fingerprint density at radius 2 is 2.11 bits per heavy atom. The van der Waals surface area contributed by atoms with E-state index in [2.05, 4.69) is 5.32 Å². The van der Waals surface area contributed by atoms with Gasteiger partial charge in [0, 0.05) is 24.9 Å². The highest BCUT2D eigenvalue weighted by Gasteiger charge is 2.12. The Morgan fingerprint density at radius 3 is 2.74 bits per heavy atom. The molecule has 0 fully saturated rings. The summed E-state index contributed by atoms with van der Waals surface area (Å²) in [5.74, 6) is -1.23. The van der Waals surface area contributed by atoms with E-state index < -0.39 is 11.7 Å². The van der Waals surface area contributed by atoms with Gasteiger partial charge < -0.3 is 9.88 Å². The fraction of sp³-hybridized carbons (Fsp3) is 0.0769. The van der Waals surface area contributed by atoms with Crippen molar-refractivity contribution in [3.05, 3.63) is 63.3 Å². The molecule has 0 saturated carbocycles. The number of amides is 1. The van der Waals surface area contributed by atoms with E-state index in [1.54, 1.807) is 7.05 Å². The molecule has 1 heterocycles. The smallest absolute Gasteiger partial charge is 0.256 e. The second-order valence-electron chi connectivity index (χ2n) is 3.92. The molecule has 0 unspecified atom stereocenters. The first-order chi connectivity index (χ1) is 8.99. The first-order valence-electron chi connectivity index (χ1n) is 5.41. The summed E-state index contributed by atoms with van der Waals surface area (Å²) in [5, 5.41) is 2.44. The van der Waals surface area contributed by atoms with Crippen molar-refractivity contribution in [2.75, 3.05) is 5.32 Å². The number of para-hydroxylation sites is 1. The molecule has 1 N–H and O–H groups in total. The molecule has 1 aromatic heterocycles. The number of carbonyl (C=O) groups is 1. The number of aromatic nitrogens is 1. The monoisotopic (exact) mass is 280 g/mol. The predicted octanol–water partition coefficient (Wildman–Crippen LogP) is 2.43. The van der Waals surface area contributed by atoms with Gasteiger partial charge in [-0.3, -0.25) is 9.59 Å². The van der Waals surface area contributed by atoms with E-state index in [0.29, 0.717) is 0 Å². The topological polar surface area (TPSA) is 51.1 Å². The van der Waals surface area contributed by atoms with Crippen molar-refractivity contribution in [2.24, 2.45) is 7.05 Å². The fourth-order valence-electron chi connectivity index (χ4n) is 1.49. The Morgan fingerprint density at radius 1 is 1.37 bits per heavy atom. The fourth-order valence-corrected chi connectivity index (χ4v) is 1.70. The number of aryl methyl sites for hydroxylation is 1. The minimum Gasteiger partial charge on any atom is -0.319 e. The average Bonchev–Trinajstić information content (AvgIpc) is 2.37. The molecule has 0 atom stereocenters. The van der Waals surface area contributed by atoms with E-state index in [1.807, 2.05) is 0 Å². The van der Waals surface area contributed by atoms with Crippen LogP contribution in [0.4, 0.5) is 10.1 Å². The summed E-state index contributed by atoms with van der Waals surface area (Å²) in [6, 6.07) is 6.72. The summed E-state index contributed by atoms with van der Waals surface area (Å²) >= 11 is 5.80. The average molecular weight is 281 g/mol. The van der Waals surface area contributed by atoms with Gasteiger partial charge in [0.1, 0.15) is 5.82 Å². The van der Waals surface area contributed by atoms with Gasteiger partial charge in [-0.25, -0.2) is 4.39 Å². The summed E-state index contributed by atoms with van der Waals surface area (Å²) in [7, 11) is 1.57. The molecule has 98 valence electrons. The van der Waals surface area contributed by atoms with Gasteiger partial charge in [-0.1, -0.05) is 17.7 Å². The van der Waals surface area contributed by atoms with Gasteiger partial charge in [-0.15, -0.1) is 0 Å². The van der Waals surface area contributed by atoms with Crippen molar-refractivity contribution in [2.45, 2.75) is 0 Å². The molecular formula is C13H10ClFN2O2. The van der Waals surface area contributed by atoms with Gasteiger partial charge in [0.2, 0.25) is 0 Å². The number of carbonyl (C=O) groups excluding carboxylic acids is 1. The molecule has 19 heavy (non-hydrogen) atoms. The lowest BCUT2D eigenvalue weighted by Crippen LogP contribution is -2.20. The summed E-state index contributed by atoms with van der Waals surface area (Å²) in [4.78, 5) is 23.3. The highest BCUT2D eigenvalue weighted by atomic mass is 35.5. The molecular weight excluding hydrogens is 271 g/mol. The van der Waals surface area contributed by atoms with Crippen molar-refractivity contribution >= 4 is 23.2 Å². The minimum atomic E-state index is -0.635. The van der Waals surface area contributed by atoms with Crippen LogP contribution in [0.2, 0.25) is 5.02 Å². The van der Waals surface area contributed by atoms with Gasteiger partial charge in [0.05, 0.1) is 10.7 Å². The SMILES string of the molecule is Cn1ccc(C(=O)Nc2c(F)cccc2Cl)cc1=O. The number of pyridine rings is 1. The van der Waals surface area contributed by atoms with Crippen LogP contribution in [0.3, 0.4) is 0 Å². The molecule has 0 aliphatic carbocycles. The summed E-state index contributed by atoms with van der Waals surface area (Å²) < 4.78 is 14.8. The van der Waals surface area contributed by atoms with Crippen LogP contribution in [-0.2, 0) is 7.05 Å². The maximum absolute atomic E-state index is 13.5. The number of anilines is 1. The molecule has 6 heteroatoms. The van der Waals surface area contributed by atoms with Crippen molar-refractivity contribution in [1.29, 1.82) is 0 Å². The maximum atomic E-state index is 13.5. The number of halogens is 2. The van der Waals surface area contributed by atoms with E-state index in [0.717, 1.165) is 0 Å². The Bertz CT molecular complexity index is 677. The Labute approximate surface area is 113 Å². The van der Waals surface area contributed by atoms with E-state index >= 15 is 0 Å². The third-order valence-electron chi connectivity index (χ3n) is 2.57. The third-order valence-corrected chi connectivity index (χ3v) is 2.88. The van der Waals surface area contributed by atoms with Crippen LogP contribution < -0.4 is 10.9 Å². The maximum Gasteiger partial charge on any atom is 0.256 e. The number of nitrogens with zero attached hydrogens (tertiary/aromatic N) is 1. The lowest BCUT2D eigenvalue weighted by molar-refractivity contribution is 0.102. The molecule has 1 amide bonds. The third kappa shape index (κ3) is 2.82. The number of hydrogen-bond acceptors (Lipinski definition) is 2. The van der Waals surface area contributed by atoms with E-state index in [1.165, 1.54) is 41.1 Å². The first kappa shape index (κ1) is 13.3. The lowest BCUT2D eigenvalue weighted by Gasteiger charge is -2.08. The molecule has 1 aromatic carbocycles. The van der Waals surface area contributed by atoms with Gasteiger partial charge >= 0.3 is 0 Å². The molecule has 0 spiro atoms. The number of hydrogen-bond donors (Lipinski definition) is 1. The lowest BCUT2D eigenvalue weighted by atomic mass is 10.2. The van der Waals surface area contributed by atoms with Crippen LogP contribution in [0, 0.1) is 5.82 Å². The van der Waals surface area contributed by atoms with E-state index in [-0.39, 0.29) is 21.8 Å². The zero-order chi connectivity index (χ0) is 14.0. The zero-order valence-electron chi connectivity index (χ0n) is 9.98. The second-order valence-corrected chi connectivity index (χ2v) is 4.32. The van der Waals surface area contributed by atoms with E-state index in [4.69, 9.17) is 11.6 Å². The van der Waals surface area contributed by atoms with Gasteiger partial charge in [-0.05, 0) is 18.2 Å². The molecule has 0 bridgehead atoms. The largest absolute Gasteiger partial charge is 0.319 e. The standard InChI is InChI=1S/C13H10ClFN2O2/c1-17-6-5-8(7-11(17)18)13(19)16-12-9(14)3-2-4-10(12)15/h2-7H,1H3,(H,16,19). The van der Waals surface area contributed by atoms with Crippen LogP contribution in [0.25, 0.3) is 0 Å². The van der Waals surface area contributed by atoms with Crippen LogP contribution in [0.15, 0.2) is 41.3 Å². The van der Waals surface area contributed by atoms with Gasteiger partial charge in [-0.2, -0.15) is 0 Å². The zero-order valence-corrected chi connectivity index (χ0v) is 10.7. The molecule has 2 rings (SSSR count). The molecule has 0 aliphatic rings. The van der Waals surface area contributed by atoms with Crippen molar-refractivity contribution in [3.8, 4) is 0 Å². The number of benzene rings is 1. The molecule has 0 aliphatic heterocycles. The first-order valence-corrected chi connectivity index (χ1v) is 5.79. The number of nitrogens with one attached hydrogen (secondary N) is 1. The predicted molar refractivity (Wildman–Crippen MR) is 71.0 cm³/mol. The normalized spacial score (nSPS) is 10.3. The van der Waals surface area contributed by atoms with Crippen molar-refractivity contribution < 1.29 is 9.18 Å². The summed E-state index contributed by atoms with van der Waals surface area (Å²) in [6.07, 6.45) is 1.46. The Kier molecular flexibility index (Phi) is 3.66. The highest BCUT2D eigenvalue weighted by molar-refractivity contribution is 6.33. The van der Waals surface area contributed by atoms with Crippen molar-refractivity contribution in [1.82, 2.24) is 4.57 Å². The molecule has 0 saturated heterocycles.